The van der Waals surface area contributed by atoms with Crippen molar-refractivity contribution in [2.45, 2.75) is 58.2 Å². The van der Waals surface area contributed by atoms with Gasteiger partial charge in [-0.2, -0.15) is 0 Å². The molecule has 0 heterocycles. The second-order valence-electron chi connectivity index (χ2n) is 6.99. The Morgan fingerprint density at radius 3 is 2.41 bits per heavy atom. The highest BCUT2D eigenvalue weighted by Gasteiger charge is 2.43. The molecule has 2 atom stereocenters. The molecular weight excluding hydrogens is 228 g/mol. The first-order valence-electron chi connectivity index (χ1n) is 6.64. The molecule has 96 valence electrons. The SMILES string of the molecule is CC(C)(C)[Si](C)(C)OC1=C[C@@H]2CC[C@H]1C(=O)C2. The fourth-order valence-corrected chi connectivity index (χ4v) is 3.49. The van der Waals surface area contributed by atoms with E-state index in [1.165, 1.54) is 6.42 Å². The number of hydrogen-bond acceptors (Lipinski definition) is 2. The lowest BCUT2D eigenvalue weighted by Gasteiger charge is -2.42. The van der Waals surface area contributed by atoms with Crippen molar-refractivity contribution < 1.29 is 9.22 Å². The highest BCUT2D eigenvalue weighted by atomic mass is 28.4. The molecule has 3 aliphatic carbocycles. The lowest BCUT2D eigenvalue weighted by Crippen LogP contribution is -2.43. The summed E-state index contributed by atoms with van der Waals surface area (Å²) in [7, 11) is -1.78. The van der Waals surface area contributed by atoms with Crippen LogP contribution in [0.2, 0.25) is 18.1 Å². The molecule has 0 amide bonds. The van der Waals surface area contributed by atoms with Crippen LogP contribution in [0, 0.1) is 11.8 Å². The molecule has 3 aliphatic rings. The normalized spacial score (nSPS) is 29.2. The number of fused-ring (bicyclic) bond motifs is 2. The zero-order valence-electron chi connectivity index (χ0n) is 11.7. The van der Waals surface area contributed by atoms with Crippen molar-refractivity contribution in [1.82, 2.24) is 0 Å². The van der Waals surface area contributed by atoms with E-state index in [1.54, 1.807) is 0 Å². The maximum atomic E-state index is 11.9. The van der Waals surface area contributed by atoms with E-state index in [9.17, 15) is 4.79 Å². The smallest absolute Gasteiger partial charge is 0.250 e. The summed E-state index contributed by atoms with van der Waals surface area (Å²) >= 11 is 0. The summed E-state index contributed by atoms with van der Waals surface area (Å²) in [4.78, 5) is 11.9. The van der Waals surface area contributed by atoms with Gasteiger partial charge in [0.25, 0.3) is 0 Å². The predicted octanol–water partition coefficient (Wildman–Crippen LogP) is 3.89. The highest BCUT2D eigenvalue weighted by molar-refractivity contribution is 6.74. The third-order valence-electron chi connectivity index (χ3n) is 4.60. The topological polar surface area (TPSA) is 26.3 Å². The lowest BCUT2D eigenvalue weighted by atomic mass is 9.74. The van der Waals surface area contributed by atoms with Crippen LogP contribution in [-0.2, 0) is 9.22 Å². The number of allylic oxidation sites excluding steroid dienone is 2. The van der Waals surface area contributed by atoms with E-state index in [2.05, 4.69) is 39.9 Å². The first-order valence-corrected chi connectivity index (χ1v) is 9.55. The zero-order chi connectivity index (χ0) is 12.8. The van der Waals surface area contributed by atoms with Gasteiger partial charge < -0.3 is 4.43 Å². The first-order chi connectivity index (χ1) is 7.71. The van der Waals surface area contributed by atoms with Gasteiger partial charge in [-0.3, -0.25) is 4.79 Å². The van der Waals surface area contributed by atoms with Crippen LogP contribution in [0.25, 0.3) is 0 Å². The highest BCUT2D eigenvalue weighted by Crippen LogP contribution is 2.44. The van der Waals surface area contributed by atoms with E-state index in [1.807, 2.05) is 0 Å². The molecule has 1 saturated carbocycles. The number of hydrogen-bond donors (Lipinski definition) is 0. The molecule has 1 fully saturated rings. The summed E-state index contributed by atoms with van der Waals surface area (Å²) in [5.41, 5.74) is 0. The van der Waals surface area contributed by atoms with Gasteiger partial charge in [0.2, 0.25) is 8.32 Å². The fourth-order valence-electron chi connectivity index (χ4n) is 2.39. The Balaban J connectivity index is 2.18. The first kappa shape index (κ1) is 12.9. The van der Waals surface area contributed by atoms with Crippen LogP contribution < -0.4 is 0 Å². The van der Waals surface area contributed by atoms with E-state index in [4.69, 9.17) is 4.43 Å². The van der Waals surface area contributed by atoms with Crippen molar-refractivity contribution in [1.29, 1.82) is 0 Å². The van der Waals surface area contributed by atoms with Crippen LogP contribution in [0.15, 0.2) is 11.8 Å². The lowest BCUT2D eigenvalue weighted by molar-refractivity contribution is -0.126. The van der Waals surface area contributed by atoms with E-state index < -0.39 is 8.32 Å². The van der Waals surface area contributed by atoms with Crippen molar-refractivity contribution >= 4 is 14.1 Å². The molecule has 17 heavy (non-hydrogen) atoms. The van der Waals surface area contributed by atoms with Gasteiger partial charge in [0, 0.05) is 6.42 Å². The van der Waals surface area contributed by atoms with Gasteiger partial charge in [-0.05, 0) is 43.0 Å². The molecule has 0 saturated heterocycles. The van der Waals surface area contributed by atoms with Gasteiger partial charge in [0.05, 0.1) is 11.7 Å². The molecule has 0 aromatic heterocycles. The average Bonchev–Trinajstić information content (AvgIpc) is 2.14. The van der Waals surface area contributed by atoms with E-state index in [0.29, 0.717) is 11.7 Å². The number of rotatable bonds is 2. The molecule has 0 spiro atoms. The standard InChI is InChI=1S/C14H24O2Si/c1-14(2,3)17(4,5)16-13-9-10-6-7-11(13)12(15)8-10/h9-11H,6-8H2,1-5H3/t10-,11+/m1/s1. The molecule has 0 aromatic carbocycles. The second kappa shape index (κ2) is 3.97. The van der Waals surface area contributed by atoms with Crippen LogP contribution in [0.5, 0.6) is 0 Å². The minimum atomic E-state index is -1.78. The Morgan fingerprint density at radius 2 is 1.94 bits per heavy atom. The Kier molecular flexibility index (Phi) is 3.01. The zero-order valence-corrected chi connectivity index (χ0v) is 12.7. The molecule has 0 N–H and O–H groups in total. The second-order valence-corrected chi connectivity index (χ2v) is 11.7. The molecule has 3 heteroatoms. The van der Waals surface area contributed by atoms with Gasteiger partial charge in [0.15, 0.2) is 0 Å². The third-order valence-corrected chi connectivity index (χ3v) is 8.96. The molecule has 0 radical (unpaired) electrons. The van der Waals surface area contributed by atoms with Gasteiger partial charge in [-0.1, -0.05) is 20.8 Å². The number of ketones is 1. The van der Waals surface area contributed by atoms with Gasteiger partial charge >= 0.3 is 0 Å². The fraction of sp³-hybridized carbons (Fsp3) is 0.786. The number of carbonyl (C=O) groups excluding carboxylic acids is 1. The van der Waals surface area contributed by atoms with Crippen LogP contribution in [0.4, 0.5) is 0 Å². The molecule has 0 unspecified atom stereocenters. The summed E-state index contributed by atoms with van der Waals surface area (Å²) in [6.45, 7) is 11.2. The molecular formula is C14H24O2Si. The van der Waals surface area contributed by atoms with Gasteiger partial charge in [-0.15, -0.1) is 0 Å². The summed E-state index contributed by atoms with van der Waals surface area (Å²) in [5.74, 6) is 1.93. The van der Waals surface area contributed by atoms with Crippen LogP contribution in [-0.4, -0.2) is 14.1 Å². The quantitative estimate of drug-likeness (QED) is 0.697. The van der Waals surface area contributed by atoms with Crippen molar-refractivity contribution in [3.05, 3.63) is 11.8 Å². The van der Waals surface area contributed by atoms with E-state index in [0.717, 1.165) is 18.6 Å². The van der Waals surface area contributed by atoms with Crippen molar-refractivity contribution in [2.75, 3.05) is 0 Å². The Labute approximate surface area is 106 Å². The van der Waals surface area contributed by atoms with E-state index >= 15 is 0 Å². The minimum absolute atomic E-state index is 0.0779. The van der Waals surface area contributed by atoms with Crippen molar-refractivity contribution in [3.63, 3.8) is 0 Å². The largest absolute Gasteiger partial charge is 0.546 e. The molecule has 2 nitrogen and oxygen atoms in total. The minimum Gasteiger partial charge on any atom is -0.546 e. The van der Waals surface area contributed by atoms with Crippen LogP contribution in [0.3, 0.4) is 0 Å². The maximum absolute atomic E-state index is 11.9. The Bertz CT molecular complexity index is 363. The molecule has 0 aromatic rings. The Morgan fingerprint density at radius 1 is 1.29 bits per heavy atom. The van der Waals surface area contributed by atoms with Gasteiger partial charge in [-0.25, -0.2) is 0 Å². The maximum Gasteiger partial charge on any atom is 0.250 e. The predicted molar refractivity (Wildman–Crippen MR) is 72.2 cm³/mol. The summed E-state index contributed by atoms with van der Waals surface area (Å²) < 4.78 is 6.33. The average molecular weight is 252 g/mol. The number of carbonyl (C=O) groups is 1. The summed E-state index contributed by atoms with van der Waals surface area (Å²) in [5, 5.41) is 0.202. The van der Waals surface area contributed by atoms with Crippen molar-refractivity contribution in [3.8, 4) is 0 Å². The molecule has 0 aliphatic heterocycles. The molecule has 3 rings (SSSR count). The van der Waals surface area contributed by atoms with Crippen molar-refractivity contribution in [2.24, 2.45) is 11.8 Å². The third kappa shape index (κ3) is 2.35. The molecule has 2 bridgehead atoms. The van der Waals surface area contributed by atoms with E-state index in [-0.39, 0.29) is 11.0 Å². The van der Waals surface area contributed by atoms with Gasteiger partial charge in [0.1, 0.15) is 5.78 Å². The van der Waals surface area contributed by atoms with Crippen LogP contribution in [0.1, 0.15) is 40.0 Å². The number of Topliss-reactive ketones (excluding diaryl/α,β-unsaturated/α-hetero) is 1. The summed E-state index contributed by atoms with van der Waals surface area (Å²) in [6.07, 6.45) is 5.15. The Hall–Kier alpha value is -0.573. The van der Waals surface area contributed by atoms with Crippen LogP contribution >= 0.6 is 0 Å². The monoisotopic (exact) mass is 252 g/mol. The summed E-state index contributed by atoms with van der Waals surface area (Å²) in [6, 6.07) is 0.